The van der Waals surface area contributed by atoms with Gasteiger partial charge < -0.3 is 10.3 Å². The summed E-state index contributed by atoms with van der Waals surface area (Å²) in [7, 11) is -2.10. The number of aromatic nitrogens is 3. The molecule has 2 aromatic heterocycles. The lowest BCUT2D eigenvalue weighted by Gasteiger charge is -2.05. The number of benzene rings is 1. The molecule has 0 amide bonds. The van der Waals surface area contributed by atoms with Gasteiger partial charge in [0.1, 0.15) is 16.5 Å². The number of aromatic amines is 1. The standard InChI is InChI=1S/C16H17N5O2S/c1-17-24(22,23)13-7-8-15(18-9-13)20-11-16-19-10-14(21-16)12-5-3-2-4-6-12/h2-10,17H,11H2,1H3,(H,18,20)(H,19,21). The number of hydrogen-bond acceptors (Lipinski definition) is 5. The van der Waals surface area contributed by atoms with Gasteiger partial charge in [-0.1, -0.05) is 30.3 Å². The van der Waals surface area contributed by atoms with Crippen LogP contribution in [0.1, 0.15) is 5.82 Å². The number of rotatable bonds is 6. The summed E-state index contributed by atoms with van der Waals surface area (Å²) in [6.45, 7) is 0.456. The third kappa shape index (κ3) is 3.61. The van der Waals surface area contributed by atoms with Gasteiger partial charge in [-0.05, 0) is 24.7 Å². The highest BCUT2D eigenvalue weighted by Crippen LogP contribution is 2.16. The number of nitrogens with one attached hydrogen (secondary N) is 3. The molecular formula is C16H17N5O2S. The second-order valence-corrected chi connectivity index (χ2v) is 6.94. The maximum atomic E-state index is 11.6. The summed E-state index contributed by atoms with van der Waals surface area (Å²) in [5.41, 5.74) is 2.01. The summed E-state index contributed by atoms with van der Waals surface area (Å²) in [4.78, 5) is 11.8. The van der Waals surface area contributed by atoms with Gasteiger partial charge in [0, 0.05) is 6.20 Å². The van der Waals surface area contributed by atoms with Crippen LogP contribution in [0.15, 0.2) is 59.8 Å². The molecule has 3 aromatic rings. The molecule has 0 saturated carbocycles. The molecule has 7 nitrogen and oxygen atoms in total. The van der Waals surface area contributed by atoms with Crippen LogP contribution in [-0.2, 0) is 16.6 Å². The lowest BCUT2D eigenvalue weighted by atomic mass is 10.2. The Kier molecular flexibility index (Phi) is 4.59. The Bertz CT molecular complexity index is 905. The molecular weight excluding hydrogens is 326 g/mol. The summed E-state index contributed by atoms with van der Waals surface area (Å²) in [5, 5.41) is 3.10. The van der Waals surface area contributed by atoms with Crippen molar-refractivity contribution in [3.05, 3.63) is 60.7 Å². The molecule has 0 aliphatic carbocycles. The Morgan fingerprint density at radius 1 is 1.04 bits per heavy atom. The van der Waals surface area contributed by atoms with E-state index in [9.17, 15) is 8.42 Å². The maximum Gasteiger partial charge on any atom is 0.241 e. The molecule has 0 aliphatic rings. The van der Waals surface area contributed by atoms with E-state index in [-0.39, 0.29) is 4.90 Å². The summed E-state index contributed by atoms with van der Waals surface area (Å²) < 4.78 is 25.5. The molecule has 2 heterocycles. The summed E-state index contributed by atoms with van der Waals surface area (Å²) in [6, 6.07) is 13.0. The van der Waals surface area contributed by atoms with E-state index in [1.54, 1.807) is 12.3 Å². The SMILES string of the molecule is CNS(=O)(=O)c1ccc(NCc2ncc(-c3ccccc3)[nH]2)nc1. The van der Waals surface area contributed by atoms with Gasteiger partial charge in [0.05, 0.1) is 18.4 Å². The van der Waals surface area contributed by atoms with Crippen LogP contribution in [0.5, 0.6) is 0 Å². The van der Waals surface area contributed by atoms with E-state index in [0.29, 0.717) is 12.4 Å². The minimum Gasteiger partial charge on any atom is -0.363 e. The normalized spacial score (nSPS) is 11.4. The molecule has 0 aliphatic heterocycles. The number of sulfonamides is 1. The molecule has 0 saturated heterocycles. The zero-order chi connectivity index (χ0) is 17.0. The van der Waals surface area contributed by atoms with Gasteiger partial charge in [0.25, 0.3) is 0 Å². The second-order valence-electron chi connectivity index (χ2n) is 5.05. The van der Waals surface area contributed by atoms with E-state index in [4.69, 9.17) is 0 Å². The molecule has 1 aromatic carbocycles. The number of anilines is 1. The Hall–Kier alpha value is -2.71. The summed E-state index contributed by atoms with van der Waals surface area (Å²) in [5.74, 6) is 1.34. The van der Waals surface area contributed by atoms with Crippen molar-refractivity contribution in [1.82, 2.24) is 19.7 Å². The van der Waals surface area contributed by atoms with Gasteiger partial charge in [0.2, 0.25) is 10.0 Å². The first-order valence-corrected chi connectivity index (χ1v) is 8.79. The van der Waals surface area contributed by atoms with Gasteiger partial charge in [0.15, 0.2) is 0 Å². The molecule has 0 unspecified atom stereocenters. The van der Waals surface area contributed by atoms with Gasteiger partial charge in [-0.2, -0.15) is 0 Å². The highest BCUT2D eigenvalue weighted by molar-refractivity contribution is 7.89. The van der Waals surface area contributed by atoms with Crippen LogP contribution in [0.3, 0.4) is 0 Å². The summed E-state index contributed by atoms with van der Waals surface area (Å²) in [6.07, 6.45) is 3.09. The van der Waals surface area contributed by atoms with Crippen molar-refractivity contribution in [3.63, 3.8) is 0 Å². The van der Waals surface area contributed by atoms with Gasteiger partial charge >= 0.3 is 0 Å². The fourth-order valence-electron chi connectivity index (χ4n) is 2.15. The second kappa shape index (κ2) is 6.81. The smallest absolute Gasteiger partial charge is 0.241 e. The van der Waals surface area contributed by atoms with Crippen molar-refractivity contribution in [2.75, 3.05) is 12.4 Å². The van der Waals surface area contributed by atoms with E-state index in [1.807, 2.05) is 30.3 Å². The number of imidazole rings is 1. The van der Waals surface area contributed by atoms with Crippen molar-refractivity contribution in [3.8, 4) is 11.3 Å². The Morgan fingerprint density at radius 3 is 2.50 bits per heavy atom. The Morgan fingerprint density at radius 2 is 1.83 bits per heavy atom. The zero-order valence-electron chi connectivity index (χ0n) is 13.0. The first-order valence-electron chi connectivity index (χ1n) is 7.31. The molecule has 24 heavy (non-hydrogen) atoms. The molecule has 0 spiro atoms. The van der Waals surface area contributed by atoms with Crippen LogP contribution in [0.25, 0.3) is 11.3 Å². The van der Waals surface area contributed by atoms with Crippen LogP contribution >= 0.6 is 0 Å². The highest BCUT2D eigenvalue weighted by Gasteiger charge is 2.11. The monoisotopic (exact) mass is 343 g/mol. The predicted molar refractivity (Wildman–Crippen MR) is 91.8 cm³/mol. The third-order valence-electron chi connectivity index (χ3n) is 3.47. The average molecular weight is 343 g/mol. The molecule has 124 valence electrons. The lowest BCUT2D eigenvalue weighted by molar-refractivity contribution is 0.588. The topological polar surface area (TPSA) is 99.8 Å². The lowest BCUT2D eigenvalue weighted by Crippen LogP contribution is -2.18. The molecule has 3 N–H and O–H groups in total. The van der Waals surface area contributed by atoms with Gasteiger partial charge in [-0.15, -0.1) is 0 Å². The van der Waals surface area contributed by atoms with E-state index >= 15 is 0 Å². The van der Waals surface area contributed by atoms with Crippen LogP contribution < -0.4 is 10.0 Å². The van der Waals surface area contributed by atoms with E-state index in [1.165, 1.54) is 19.3 Å². The largest absolute Gasteiger partial charge is 0.363 e. The first kappa shape index (κ1) is 16.2. The van der Waals surface area contributed by atoms with Crippen molar-refractivity contribution >= 4 is 15.8 Å². The highest BCUT2D eigenvalue weighted by atomic mass is 32.2. The average Bonchev–Trinajstić information content (AvgIpc) is 3.10. The number of pyridine rings is 1. The molecule has 0 radical (unpaired) electrons. The molecule has 0 bridgehead atoms. The first-order chi connectivity index (χ1) is 11.6. The predicted octanol–water partition coefficient (Wildman–Crippen LogP) is 1.99. The quantitative estimate of drug-likeness (QED) is 0.635. The molecule has 8 heteroatoms. The van der Waals surface area contributed by atoms with Crippen molar-refractivity contribution in [2.45, 2.75) is 11.4 Å². The number of hydrogen-bond donors (Lipinski definition) is 3. The fourth-order valence-corrected chi connectivity index (χ4v) is 2.83. The van der Waals surface area contributed by atoms with Crippen LogP contribution in [0.2, 0.25) is 0 Å². The minimum atomic E-state index is -3.47. The Labute approximate surface area is 140 Å². The molecule has 0 fully saturated rings. The zero-order valence-corrected chi connectivity index (χ0v) is 13.8. The third-order valence-corrected chi connectivity index (χ3v) is 4.87. The van der Waals surface area contributed by atoms with Crippen LogP contribution in [-0.4, -0.2) is 30.4 Å². The van der Waals surface area contributed by atoms with Gasteiger partial charge in [-0.3, -0.25) is 0 Å². The maximum absolute atomic E-state index is 11.6. The Balaban J connectivity index is 1.65. The van der Waals surface area contributed by atoms with Crippen LogP contribution in [0.4, 0.5) is 5.82 Å². The van der Waals surface area contributed by atoms with Crippen molar-refractivity contribution in [2.24, 2.45) is 0 Å². The fraction of sp³-hybridized carbons (Fsp3) is 0.125. The van der Waals surface area contributed by atoms with E-state index in [0.717, 1.165) is 17.1 Å². The van der Waals surface area contributed by atoms with Crippen LogP contribution in [0, 0.1) is 0 Å². The molecule has 3 rings (SSSR count). The minimum absolute atomic E-state index is 0.125. The van der Waals surface area contributed by atoms with E-state index < -0.39 is 10.0 Å². The van der Waals surface area contributed by atoms with Crippen molar-refractivity contribution in [1.29, 1.82) is 0 Å². The number of nitrogens with zero attached hydrogens (tertiary/aromatic N) is 2. The number of H-pyrrole nitrogens is 1. The van der Waals surface area contributed by atoms with Gasteiger partial charge in [-0.25, -0.2) is 23.1 Å². The molecule has 0 atom stereocenters. The summed E-state index contributed by atoms with van der Waals surface area (Å²) >= 11 is 0. The van der Waals surface area contributed by atoms with E-state index in [2.05, 4.69) is 25.0 Å². The van der Waals surface area contributed by atoms with Crippen molar-refractivity contribution < 1.29 is 8.42 Å².